The minimum atomic E-state index is -0.889. The van der Waals surface area contributed by atoms with E-state index in [1.54, 1.807) is 0 Å². The molecule has 0 saturated carbocycles. The number of alkyl halides is 1. The number of hydrogen-bond acceptors (Lipinski definition) is 3. The van der Waals surface area contributed by atoms with Crippen LogP contribution in [0.2, 0.25) is 0 Å². The molecule has 1 aliphatic carbocycles. The van der Waals surface area contributed by atoms with Gasteiger partial charge in [0.15, 0.2) is 11.3 Å². The lowest BCUT2D eigenvalue weighted by atomic mass is 10.0. The van der Waals surface area contributed by atoms with Crippen molar-refractivity contribution in [3.63, 3.8) is 0 Å². The molecule has 1 aromatic rings. The van der Waals surface area contributed by atoms with E-state index >= 15 is 0 Å². The number of aryl methyl sites for hydroxylation is 1. The summed E-state index contributed by atoms with van der Waals surface area (Å²) in [6, 6.07) is 0. The van der Waals surface area contributed by atoms with Crippen LogP contribution in [0, 0.1) is 0 Å². The number of hydrogen-bond donors (Lipinski definition) is 0. The van der Waals surface area contributed by atoms with Crippen LogP contribution in [0.3, 0.4) is 0 Å². The summed E-state index contributed by atoms with van der Waals surface area (Å²) in [5.74, 6) is 0. The molecule has 1 heterocycles. The van der Waals surface area contributed by atoms with Gasteiger partial charge in [0, 0.05) is 0 Å². The maximum Gasteiger partial charge on any atom is 0.178 e. The van der Waals surface area contributed by atoms with Crippen LogP contribution >= 0.6 is 11.3 Å². The lowest BCUT2D eigenvalue weighted by molar-refractivity contribution is 0.112. The third-order valence-electron chi connectivity index (χ3n) is 2.00. The Hall–Kier alpha value is -0.770. The van der Waals surface area contributed by atoms with E-state index < -0.39 is 6.17 Å². The first-order valence-electron chi connectivity index (χ1n) is 3.90. The van der Waals surface area contributed by atoms with Gasteiger partial charge in [-0.1, -0.05) is 0 Å². The third kappa shape index (κ3) is 1.16. The van der Waals surface area contributed by atoms with Gasteiger partial charge in [0.1, 0.15) is 6.17 Å². The van der Waals surface area contributed by atoms with Crippen molar-refractivity contribution < 1.29 is 9.18 Å². The van der Waals surface area contributed by atoms with Crippen molar-refractivity contribution >= 4 is 17.6 Å². The van der Waals surface area contributed by atoms with Gasteiger partial charge < -0.3 is 0 Å². The summed E-state index contributed by atoms with van der Waals surface area (Å²) >= 11 is 1.19. The zero-order valence-electron chi connectivity index (χ0n) is 6.42. The Morgan fingerprint density at radius 2 is 2.50 bits per heavy atom. The van der Waals surface area contributed by atoms with Crippen LogP contribution in [0.15, 0.2) is 0 Å². The fraction of sp³-hybridized carbons (Fsp3) is 0.500. The average Bonchev–Trinajstić information content (AvgIpc) is 2.49. The Labute approximate surface area is 73.4 Å². The average molecular weight is 185 g/mol. The molecular formula is C8H8FNOS. The number of nitrogens with zero attached hydrogens (tertiary/aromatic N) is 1. The molecule has 1 aliphatic rings. The van der Waals surface area contributed by atoms with Gasteiger partial charge in [0.25, 0.3) is 0 Å². The lowest BCUT2D eigenvalue weighted by Gasteiger charge is -2.12. The molecular weight excluding hydrogens is 177 g/mol. The molecule has 0 aliphatic heterocycles. The van der Waals surface area contributed by atoms with Gasteiger partial charge >= 0.3 is 0 Å². The van der Waals surface area contributed by atoms with Crippen molar-refractivity contribution in [1.82, 2.24) is 4.98 Å². The molecule has 0 saturated heterocycles. The summed E-state index contributed by atoms with van der Waals surface area (Å²) in [7, 11) is 0. The fourth-order valence-corrected chi connectivity index (χ4v) is 2.38. The quantitative estimate of drug-likeness (QED) is 0.628. The molecule has 0 spiro atoms. The second kappa shape index (κ2) is 2.94. The van der Waals surface area contributed by atoms with E-state index in [2.05, 4.69) is 4.98 Å². The van der Waals surface area contributed by atoms with E-state index in [9.17, 15) is 9.18 Å². The number of carbonyl (C=O) groups excluding carboxylic acids is 1. The van der Waals surface area contributed by atoms with E-state index in [0.717, 1.165) is 18.5 Å². The normalized spacial score (nSPS) is 21.9. The highest BCUT2D eigenvalue weighted by Crippen LogP contribution is 2.35. The molecule has 0 fully saturated rings. The highest BCUT2D eigenvalue weighted by atomic mass is 32.1. The Morgan fingerprint density at radius 3 is 3.17 bits per heavy atom. The van der Waals surface area contributed by atoms with Crippen molar-refractivity contribution in [3.8, 4) is 0 Å². The minimum absolute atomic E-state index is 0.407. The molecule has 1 atom stereocenters. The molecule has 64 valence electrons. The minimum Gasteiger partial charge on any atom is -0.295 e. The van der Waals surface area contributed by atoms with Gasteiger partial charge in [-0.2, -0.15) is 0 Å². The van der Waals surface area contributed by atoms with Gasteiger partial charge in [-0.15, -0.1) is 11.3 Å². The Bertz CT molecular complexity index is 310. The Balaban J connectivity index is 2.43. The fourth-order valence-electron chi connectivity index (χ4n) is 1.44. The zero-order chi connectivity index (χ0) is 8.55. The molecule has 1 aromatic heterocycles. The van der Waals surface area contributed by atoms with Crippen LogP contribution < -0.4 is 0 Å². The van der Waals surface area contributed by atoms with E-state index in [1.807, 2.05) is 0 Å². The number of carbonyl (C=O) groups is 1. The smallest absolute Gasteiger partial charge is 0.178 e. The summed E-state index contributed by atoms with van der Waals surface area (Å²) < 4.78 is 13.2. The van der Waals surface area contributed by atoms with Crippen molar-refractivity contribution in [2.24, 2.45) is 0 Å². The molecule has 4 heteroatoms. The standard InChI is InChI=1S/C8H8FNOS/c9-5-2-1-3-6-8(5)12-7(4-11)10-6/h4-5H,1-3H2. The third-order valence-corrected chi connectivity index (χ3v) is 3.11. The van der Waals surface area contributed by atoms with E-state index in [4.69, 9.17) is 0 Å². The highest BCUT2D eigenvalue weighted by Gasteiger charge is 2.23. The maximum atomic E-state index is 13.2. The van der Waals surface area contributed by atoms with Crippen molar-refractivity contribution in [3.05, 3.63) is 15.6 Å². The number of thiazole rings is 1. The SMILES string of the molecule is O=Cc1nc2c(s1)C(F)CCC2. The molecule has 2 nitrogen and oxygen atoms in total. The molecule has 0 bridgehead atoms. The van der Waals surface area contributed by atoms with E-state index in [1.165, 1.54) is 11.3 Å². The number of rotatable bonds is 1. The van der Waals surface area contributed by atoms with Crippen LogP contribution in [0.5, 0.6) is 0 Å². The highest BCUT2D eigenvalue weighted by molar-refractivity contribution is 7.13. The molecule has 2 rings (SSSR count). The summed E-state index contributed by atoms with van der Waals surface area (Å²) in [4.78, 5) is 15.1. The van der Waals surface area contributed by atoms with Crippen LogP contribution in [0.1, 0.15) is 39.4 Å². The summed E-state index contributed by atoms with van der Waals surface area (Å²) in [6.07, 6.45) is 2.04. The second-order valence-electron chi connectivity index (χ2n) is 2.84. The Morgan fingerprint density at radius 1 is 1.67 bits per heavy atom. The molecule has 0 aromatic carbocycles. The molecule has 1 unspecified atom stereocenters. The van der Waals surface area contributed by atoms with E-state index in [0.29, 0.717) is 22.6 Å². The monoisotopic (exact) mass is 185 g/mol. The summed E-state index contributed by atoms with van der Waals surface area (Å²) in [6.45, 7) is 0. The van der Waals surface area contributed by atoms with Crippen molar-refractivity contribution in [2.45, 2.75) is 25.4 Å². The summed E-state index contributed by atoms with van der Waals surface area (Å²) in [5, 5.41) is 0.407. The van der Waals surface area contributed by atoms with Gasteiger partial charge in [-0.05, 0) is 19.3 Å². The van der Waals surface area contributed by atoms with Crippen molar-refractivity contribution in [2.75, 3.05) is 0 Å². The van der Waals surface area contributed by atoms with Gasteiger partial charge in [-0.3, -0.25) is 4.79 Å². The largest absolute Gasteiger partial charge is 0.295 e. The van der Waals surface area contributed by atoms with Crippen LogP contribution in [-0.4, -0.2) is 11.3 Å². The maximum absolute atomic E-state index is 13.2. The molecule has 12 heavy (non-hydrogen) atoms. The Kier molecular flexibility index (Phi) is 1.92. The molecule has 0 radical (unpaired) electrons. The van der Waals surface area contributed by atoms with Gasteiger partial charge in [0.05, 0.1) is 10.6 Å². The van der Waals surface area contributed by atoms with Gasteiger partial charge in [-0.25, -0.2) is 9.37 Å². The van der Waals surface area contributed by atoms with Gasteiger partial charge in [0.2, 0.25) is 0 Å². The van der Waals surface area contributed by atoms with E-state index in [-0.39, 0.29) is 0 Å². The number of aldehydes is 1. The molecule has 0 N–H and O–H groups in total. The number of aromatic nitrogens is 1. The summed E-state index contributed by atoms with van der Waals surface area (Å²) in [5.41, 5.74) is 0.792. The van der Waals surface area contributed by atoms with Crippen LogP contribution in [-0.2, 0) is 6.42 Å². The topological polar surface area (TPSA) is 30.0 Å². The van der Waals surface area contributed by atoms with Crippen molar-refractivity contribution in [1.29, 1.82) is 0 Å². The zero-order valence-corrected chi connectivity index (χ0v) is 7.23. The van der Waals surface area contributed by atoms with Crippen LogP contribution in [0.25, 0.3) is 0 Å². The first kappa shape index (κ1) is 7.86. The number of fused-ring (bicyclic) bond motifs is 1. The predicted octanol–water partition coefficient (Wildman–Crippen LogP) is 2.30. The first-order chi connectivity index (χ1) is 5.81. The first-order valence-corrected chi connectivity index (χ1v) is 4.72. The van der Waals surface area contributed by atoms with Crippen LogP contribution in [0.4, 0.5) is 4.39 Å². The number of halogens is 1. The second-order valence-corrected chi connectivity index (χ2v) is 3.90. The lowest BCUT2D eigenvalue weighted by Crippen LogP contribution is -2.02. The molecule has 0 amide bonds. The predicted molar refractivity (Wildman–Crippen MR) is 44.3 cm³/mol.